The van der Waals surface area contributed by atoms with Gasteiger partial charge >= 0.3 is 0 Å². The lowest BCUT2D eigenvalue weighted by molar-refractivity contribution is 1.10. The van der Waals surface area contributed by atoms with Crippen molar-refractivity contribution in [1.82, 2.24) is 4.98 Å². The van der Waals surface area contributed by atoms with E-state index in [2.05, 4.69) is 11.9 Å². The molecule has 0 bridgehead atoms. The highest BCUT2D eigenvalue weighted by Gasteiger charge is 1.98. The minimum absolute atomic E-state index is 0.0218. The van der Waals surface area contributed by atoms with Gasteiger partial charge in [0.2, 0.25) is 0 Å². The zero-order chi connectivity index (χ0) is 8.97. The zero-order valence-electron chi connectivity index (χ0n) is 6.87. The summed E-state index contributed by atoms with van der Waals surface area (Å²) in [6.07, 6.45) is 0. The molecule has 0 saturated heterocycles. The van der Waals surface area contributed by atoms with E-state index in [1.165, 1.54) is 0 Å². The van der Waals surface area contributed by atoms with E-state index in [1.807, 2.05) is 12.1 Å². The molecule has 1 rings (SSSR count). The average molecular weight is 181 g/mol. The van der Waals surface area contributed by atoms with Gasteiger partial charge in [0, 0.05) is 0 Å². The first-order valence-corrected chi connectivity index (χ1v) is 4.67. The molecule has 0 radical (unpaired) electrons. The smallest absolute Gasteiger partial charge is 0.141 e. The summed E-state index contributed by atoms with van der Waals surface area (Å²) >= 11 is 1.64. The van der Waals surface area contributed by atoms with Crippen molar-refractivity contribution in [2.75, 3.05) is 5.75 Å². The molecule has 4 heteroatoms. The number of nitrogens with zero attached hydrogens (tertiary/aromatic N) is 1. The molecule has 0 fully saturated rings. The van der Waals surface area contributed by atoms with Crippen LogP contribution >= 0.6 is 11.8 Å². The molecule has 1 aromatic heterocycles. The van der Waals surface area contributed by atoms with E-state index >= 15 is 0 Å². The minimum atomic E-state index is 0.0218. The van der Waals surface area contributed by atoms with Crippen LogP contribution in [-0.2, 0) is 0 Å². The molecule has 0 aliphatic carbocycles. The Hall–Kier alpha value is -1.03. The van der Waals surface area contributed by atoms with E-state index < -0.39 is 0 Å². The third-order valence-electron chi connectivity index (χ3n) is 1.29. The molecule has 64 valence electrons. The molecule has 0 amide bonds. The van der Waals surface area contributed by atoms with Crippen LogP contribution in [0.3, 0.4) is 0 Å². The standard InChI is InChI=1S/C8H11N3S/c1-2-12-7-5-3-4-6(11-7)8(9)10/h3-5H,2H2,1H3,(H3,9,10). The van der Waals surface area contributed by atoms with Crippen molar-refractivity contribution in [3.8, 4) is 0 Å². The SMILES string of the molecule is CCSc1cccc(C(=N)N)n1. The second-order valence-corrected chi connectivity index (χ2v) is 3.49. The first kappa shape index (κ1) is 9.06. The highest BCUT2D eigenvalue weighted by atomic mass is 32.2. The molecule has 3 N–H and O–H groups in total. The molecule has 0 aliphatic rings. The maximum absolute atomic E-state index is 7.17. The fraction of sp³-hybridized carbons (Fsp3) is 0.250. The van der Waals surface area contributed by atoms with Crippen LogP contribution in [0.1, 0.15) is 12.6 Å². The van der Waals surface area contributed by atoms with Gasteiger partial charge in [0.05, 0.1) is 5.03 Å². The predicted octanol–water partition coefficient (Wildman–Crippen LogP) is 1.48. The monoisotopic (exact) mass is 181 g/mol. The lowest BCUT2D eigenvalue weighted by Crippen LogP contribution is -2.12. The van der Waals surface area contributed by atoms with Gasteiger partial charge in [-0.05, 0) is 17.9 Å². The quantitative estimate of drug-likeness (QED) is 0.422. The molecular formula is C8H11N3S. The van der Waals surface area contributed by atoms with Crippen molar-refractivity contribution in [1.29, 1.82) is 5.41 Å². The Morgan fingerprint density at radius 3 is 3.00 bits per heavy atom. The van der Waals surface area contributed by atoms with Gasteiger partial charge in [-0.25, -0.2) is 4.98 Å². The van der Waals surface area contributed by atoms with Crippen molar-refractivity contribution >= 4 is 17.6 Å². The van der Waals surface area contributed by atoms with Crippen LogP contribution in [0.15, 0.2) is 23.2 Å². The van der Waals surface area contributed by atoms with Gasteiger partial charge in [-0.2, -0.15) is 0 Å². The Balaban J connectivity index is 2.88. The molecule has 3 nitrogen and oxygen atoms in total. The largest absolute Gasteiger partial charge is 0.382 e. The Morgan fingerprint density at radius 1 is 1.67 bits per heavy atom. The van der Waals surface area contributed by atoms with E-state index in [0.717, 1.165) is 10.8 Å². The average Bonchev–Trinajstić information content (AvgIpc) is 2.05. The van der Waals surface area contributed by atoms with Crippen LogP contribution in [-0.4, -0.2) is 16.6 Å². The van der Waals surface area contributed by atoms with E-state index in [0.29, 0.717) is 5.69 Å². The lowest BCUT2D eigenvalue weighted by Gasteiger charge is -2.00. The van der Waals surface area contributed by atoms with E-state index in [1.54, 1.807) is 17.8 Å². The fourth-order valence-electron chi connectivity index (χ4n) is 0.793. The first-order chi connectivity index (χ1) is 5.74. The number of hydrogen-bond acceptors (Lipinski definition) is 3. The van der Waals surface area contributed by atoms with Crippen LogP contribution in [0.5, 0.6) is 0 Å². The van der Waals surface area contributed by atoms with Gasteiger partial charge in [0.1, 0.15) is 11.5 Å². The molecule has 0 unspecified atom stereocenters. The molecule has 1 heterocycles. The van der Waals surface area contributed by atoms with Gasteiger partial charge < -0.3 is 5.73 Å². The van der Waals surface area contributed by atoms with Crippen molar-refractivity contribution < 1.29 is 0 Å². The third kappa shape index (κ3) is 2.23. The summed E-state index contributed by atoms with van der Waals surface area (Å²) in [5.41, 5.74) is 5.84. The molecule has 12 heavy (non-hydrogen) atoms. The second-order valence-electron chi connectivity index (χ2n) is 2.21. The minimum Gasteiger partial charge on any atom is -0.382 e. The Bertz CT molecular complexity index is 285. The number of rotatable bonds is 3. The molecule has 1 aromatic rings. The number of pyridine rings is 1. The normalized spacial score (nSPS) is 9.75. The number of amidine groups is 1. The van der Waals surface area contributed by atoms with Crippen LogP contribution < -0.4 is 5.73 Å². The number of nitrogens with one attached hydrogen (secondary N) is 1. The van der Waals surface area contributed by atoms with Crippen molar-refractivity contribution in [2.24, 2.45) is 5.73 Å². The van der Waals surface area contributed by atoms with Crippen molar-refractivity contribution in [2.45, 2.75) is 11.9 Å². The molecule has 0 aromatic carbocycles. The predicted molar refractivity (Wildman–Crippen MR) is 51.7 cm³/mol. The van der Waals surface area contributed by atoms with Gasteiger partial charge in [-0.15, -0.1) is 11.8 Å². The molecular weight excluding hydrogens is 170 g/mol. The number of nitrogen functional groups attached to an aromatic ring is 1. The number of aromatic nitrogens is 1. The Labute approximate surface area is 75.9 Å². The Kier molecular flexibility index (Phi) is 3.10. The molecule has 0 aliphatic heterocycles. The molecule has 0 atom stereocenters. The maximum atomic E-state index is 7.17. The summed E-state index contributed by atoms with van der Waals surface area (Å²) in [7, 11) is 0. The second kappa shape index (κ2) is 4.11. The first-order valence-electron chi connectivity index (χ1n) is 3.68. The number of nitrogens with two attached hydrogens (primary N) is 1. The van der Waals surface area contributed by atoms with Gasteiger partial charge in [0.25, 0.3) is 0 Å². The van der Waals surface area contributed by atoms with E-state index in [4.69, 9.17) is 11.1 Å². The maximum Gasteiger partial charge on any atom is 0.141 e. The zero-order valence-corrected chi connectivity index (χ0v) is 7.69. The summed E-state index contributed by atoms with van der Waals surface area (Å²) in [5.74, 6) is 1.00. The van der Waals surface area contributed by atoms with Crippen LogP contribution in [0, 0.1) is 5.41 Å². The summed E-state index contributed by atoms with van der Waals surface area (Å²) in [4.78, 5) is 4.18. The number of hydrogen-bond donors (Lipinski definition) is 2. The highest BCUT2D eigenvalue weighted by molar-refractivity contribution is 7.99. The van der Waals surface area contributed by atoms with E-state index in [-0.39, 0.29) is 5.84 Å². The lowest BCUT2D eigenvalue weighted by atomic mass is 10.3. The van der Waals surface area contributed by atoms with E-state index in [9.17, 15) is 0 Å². The highest BCUT2D eigenvalue weighted by Crippen LogP contribution is 2.14. The third-order valence-corrected chi connectivity index (χ3v) is 2.10. The fourth-order valence-corrected chi connectivity index (χ4v) is 1.43. The summed E-state index contributed by atoms with van der Waals surface area (Å²) in [5, 5.41) is 8.09. The van der Waals surface area contributed by atoms with Crippen molar-refractivity contribution in [3.05, 3.63) is 23.9 Å². The topological polar surface area (TPSA) is 62.8 Å². The molecule has 0 spiro atoms. The van der Waals surface area contributed by atoms with Crippen LogP contribution in [0.2, 0.25) is 0 Å². The summed E-state index contributed by atoms with van der Waals surface area (Å²) in [6.45, 7) is 2.06. The van der Waals surface area contributed by atoms with Gasteiger partial charge in [-0.3, -0.25) is 5.41 Å². The Morgan fingerprint density at radius 2 is 2.42 bits per heavy atom. The summed E-state index contributed by atoms with van der Waals surface area (Å²) < 4.78 is 0. The van der Waals surface area contributed by atoms with Gasteiger partial charge in [-0.1, -0.05) is 13.0 Å². The van der Waals surface area contributed by atoms with Crippen molar-refractivity contribution in [3.63, 3.8) is 0 Å². The van der Waals surface area contributed by atoms with Crippen LogP contribution in [0.4, 0.5) is 0 Å². The van der Waals surface area contributed by atoms with Gasteiger partial charge in [0.15, 0.2) is 0 Å². The summed E-state index contributed by atoms with van der Waals surface area (Å²) in [6, 6.07) is 5.52. The van der Waals surface area contributed by atoms with Crippen LogP contribution in [0.25, 0.3) is 0 Å². The number of thioether (sulfide) groups is 1. The molecule has 0 saturated carbocycles.